The summed E-state index contributed by atoms with van der Waals surface area (Å²) in [5, 5.41) is 3.75. The second kappa shape index (κ2) is 12.9. The fourth-order valence-corrected chi connectivity index (χ4v) is 5.02. The summed E-state index contributed by atoms with van der Waals surface area (Å²) in [7, 11) is 1.79. The van der Waals surface area contributed by atoms with Crippen LogP contribution in [0.1, 0.15) is 40.2 Å². The van der Waals surface area contributed by atoms with E-state index >= 15 is 0 Å². The van der Waals surface area contributed by atoms with E-state index in [2.05, 4.69) is 15.3 Å². The Labute approximate surface area is 255 Å². The summed E-state index contributed by atoms with van der Waals surface area (Å²) < 4.78 is 14.8. The third-order valence-electron chi connectivity index (χ3n) is 7.06. The normalized spacial score (nSPS) is 11.7. The van der Waals surface area contributed by atoms with Gasteiger partial charge in [-0.25, -0.2) is 14.4 Å². The van der Waals surface area contributed by atoms with E-state index < -0.39 is 0 Å². The summed E-state index contributed by atoms with van der Waals surface area (Å²) in [4.78, 5) is 33.0. The van der Waals surface area contributed by atoms with Crippen molar-refractivity contribution in [1.82, 2.24) is 19.9 Å². The van der Waals surface area contributed by atoms with Gasteiger partial charge in [-0.2, -0.15) is 0 Å². The molecule has 0 fully saturated rings. The molecule has 7 nitrogen and oxygen atoms in total. The van der Waals surface area contributed by atoms with Crippen LogP contribution in [0.4, 0.5) is 16.0 Å². The standard InChI is InChI=1S/C33H26ClFN6O.CH4/c1-41(17-15-24-6-4-5-16-36-24)32(42)21-9-12-25(13-10-21)39-33-38-20-22-19-37-31(27-7-2-3-8-29(27)35)28-18-23(34)11-14-26(28)30(22)40-33;/h2-14,16,18,20H,15,17,19H2,1H3,(H,38,39,40);1H4. The monoisotopic (exact) mass is 592 g/mol. The van der Waals surface area contributed by atoms with Gasteiger partial charge in [0.15, 0.2) is 0 Å². The van der Waals surface area contributed by atoms with Crippen molar-refractivity contribution in [1.29, 1.82) is 0 Å². The average Bonchev–Trinajstić information content (AvgIpc) is 3.17. The number of benzene rings is 3. The average molecular weight is 593 g/mol. The molecule has 0 radical (unpaired) electrons. The van der Waals surface area contributed by atoms with E-state index in [4.69, 9.17) is 21.6 Å². The minimum Gasteiger partial charge on any atom is -0.341 e. The number of hydrogen-bond acceptors (Lipinski definition) is 6. The lowest BCUT2D eigenvalue weighted by Crippen LogP contribution is -2.28. The lowest BCUT2D eigenvalue weighted by molar-refractivity contribution is 0.0796. The molecule has 0 saturated heterocycles. The molecule has 6 rings (SSSR count). The van der Waals surface area contributed by atoms with Crippen LogP contribution in [-0.2, 0) is 13.0 Å². The maximum Gasteiger partial charge on any atom is 0.253 e. The molecule has 1 N–H and O–H groups in total. The molecule has 0 spiro atoms. The topological polar surface area (TPSA) is 83.4 Å². The minimum absolute atomic E-state index is 0. The Kier molecular flexibility index (Phi) is 8.87. The molecule has 1 aliphatic rings. The van der Waals surface area contributed by atoms with E-state index in [0.717, 1.165) is 22.5 Å². The van der Waals surface area contributed by atoms with E-state index in [0.29, 0.717) is 52.0 Å². The van der Waals surface area contributed by atoms with Gasteiger partial charge in [0, 0.05) is 76.6 Å². The van der Waals surface area contributed by atoms with Crippen molar-refractivity contribution in [3.8, 4) is 11.3 Å². The molecule has 5 aromatic rings. The molecule has 216 valence electrons. The fourth-order valence-electron chi connectivity index (χ4n) is 4.84. The van der Waals surface area contributed by atoms with Crippen molar-refractivity contribution in [3.05, 3.63) is 136 Å². The Morgan fingerprint density at radius 2 is 1.74 bits per heavy atom. The van der Waals surface area contributed by atoms with Gasteiger partial charge in [-0.15, -0.1) is 0 Å². The summed E-state index contributed by atoms with van der Waals surface area (Å²) in [6.07, 6.45) is 4.16. The predicted molar refractivity (Wildman–Crippen MR) is 170 cm³/mol. The van der Waals surface area contributed by atoms with E-state index in [1.165, 1.54) is 6.07 Å². The molecular weight excluding hydrogens is 563 g/mol. The van der Waals surface area contributed by atoms with Gasteiger partial charge in [0.1, 0.15) is 5.82 Å². The van der Waals surface area contributed by atoms with Crippen molar-refractivity contribution in [3.63, 3.8) is 0 Å². The van der Waals surface area contributed by atoms with Crippen LogP contribution in [0.5, 0.6) is 0 Å². The number of amides is 1. The fraction of sp³-hybridized carbons (Fsp3) is 0.147. The minimum atomic E-state index is -0.358. The van der Waals surface area contributed by atoms with Crippen LogP contribution in [0.25, 0.3) is 11.3 Å². The SMILES string of the molecule is C.CN(CCc1ccccn1)C(=O)c1ccc(Nc2ncc3c(n2)-c2ccc(Cl)cc2C(c2ccccc2F)=NC3)cc1. The summed E-state index contributed by atoms with van der Waals surface area (Å²) >= 11 is 6.36. The molecule has 0 aliphatic carbocycles. The highest BCUT2D eigenvalue weighted by Gasteiger charge is 2.23. The molecule has 1 amide bonds. The molecule has 1 aliphatic heterocycles. The number of pyridine rings is 1. The highest BCUT2D eigenvalue weighted by molar-refractivity contribution is 6.31. The van der Waals surface area contributed by atoms with Gasteiger partial charge in [-0.05, 0) is 60.7 Å². The van der Waals surface area contributed by atoms with Gasteiger partial charge in [-0.1, -0.05) is 43.3 Å². The molecule has 9 heteroatoms. The van der Waals surface area contributed by atoms with Gasteiger partial charge in [0.2, 0.25) is 5.95 Å². The number of aromatic nitrogens is 3. The Bertz CT molecular complexity index is 1790. The Hall–Kier alpha value is -4.95. The molecule has 2 aromatic heterocycles. The third-order valence-corrected chi connectivity index (χ3v) is 7.29. The van der Waals surface area contributed by atoms with Crippen LogP contribution < -0.4 is 5.32 Å². The van der Waals surface area contributed by atoms with Crippen LogP contribution in [0.3, 0.4) is 0 Å². The zero-order chi connectivity index (χ0) is 29.1. The van der Waals surface area contributed by atoms with Gasteiger partial charge in [0.25, 0.3) is 5.91 Å². The van der Waals surface area contributed by atoms with Crippen molar-refractivity contribution < 1.29 is 9.18 Å². The smallest absolute Gasteiger partial charge is 0.253 e. The molecule has 3 aromatic carbocycles. The number of carbonyl (C=O) groups is 1. The number of anilines is 2. The molecule has 0 unspecified atom stereocenters. The van der Waals surface area contributed by atoms with Gasteiger partial charge >= 0.3 is 0 Å². The maximum atomic E-state index is 14.8. The highest BCUT2D eigenvalue weighted by atomic mass is 35.5. The number of hydrogen-bond donors (Lipinski definition) is 1. The number of halogens is 2. The number of fused-ring (bicyclic) bond motifs is 3. The second-order valence-electron chi connectivity index (χ2n) is 9.90. The molecule has 43 heavy (non-hydrogen) atoms. The summed E-state index contributed by atoms with van der Waals surface area (Å²) in [6, 6.07) is 25.0. The molecule has 3 heterocycles. The molecule has 0 bridgehead atoms. The van der Waals surface area contributed by atoms with E-state index in [1.807, 2.05) is 36.4 Å². The van der Waals surface area contributed by atoms with E-state index in [-0.39, 0.29) is 25.7 Å². The first kappa shape index (κ1) is 29.5. The largest absolute Gasteiger partial charge is 0.341 e. The van der Waals surface area contributed by atoms with Crippen molar-refractivity contribution >= 4 is 34.9 Å². The Balaban J connectivity index is 0.00000368. The number of carbonyl (C=O) groups excluding carboxylic acids is 1. The van der Waals surface area contributed by atoms with Crippen LogP contribution in [0, 0.1) is 5.82 Å². The van der Waals surface area contributed by atoms with Gasteiger partial charge < -0.3 is 10.2 Å². The number of rotatable bonds is 7. The summed E-state index contributed by atoms with van der Waals surface area (Å²) in [5.41, 5.74) is 6.16. The van der Waals surface area contributed by atoms with Crippen LogP contribution >= 0.6 is 11.6 Å². The summed E-state index contributed by atoms with van der Waals surface area (Å²) in [6.45, 7) is 0.851. The molecule has 0 saturated carbocycles. The summed E-state index contributed by atoms with van der Waals surface area (Å²) in [5.74, 6) is -0.0434. The predicted octanol–water partition coefficient (Wildman–Crippen LogP) is 7.38. The van der Waals surface area contributed by atoms with Crippen LogP contribution in [0.15, 0.2) is 102 Å². The highest BCUT2D eigenvalue weighted by Crippen LogP contribution is 2.34. The Morgan fingerprint density at radius 1 is 0.953 bits per heavy atom. The zero-order valence-corrected chi connectivity index (χ0v) is 23.5. The lowest BCUT2D eigenvalue weighted by atomic mass is 9.95. The zero-order valence-electron chi connectivity index (χ0n) is 22.8. The van der Waals surface area contributed by atoms with Crippen molar-refractivity contribution in [2.75, 3.05) is 18.9 Å². The quantitative estimate of drug-likeness (QED) is 0.213. The maximum absolute atomic E-state index is 14.8. The first-order valence-electron chi connectivity index (χ1n) is 13.4. The number of aliphatic imine (C=N–C) groups is 1. The number of nitrogens with one attached hydrogen (secondary N) is 1. The number of likely N-dealkylation sites (N-methyl/N-ethyl adjacent to an activating group) is 1. The van der Waals surface area contributed by atoms with Gasteiger partial charge in [-0.3, -0.25) is 14.8 Å². The third kappa shape index (κ3) is 6.44. The van der Waals surface area contributed by atoms with Crippen molar-refractivity contribution in [2.24, 2.45) is 4.99 Å². The van der Waals surface area contributed by atoms with Gasteiger partial charge in [0.05, 0.1) is 18.0 Å². The first-order valence-corrected chi connectivity index (χ1v) is 13.8. The van der Waals surface area contributed by atoms with E-state index in [1.54, 1.807) is 66.8 Å². The van der Waals surface area contributed by atoms with Crippen molar-refractivity contribution in [2.45, 2.75) is 20.4 Å². The molecule has 0 atom stereocenters. The van der Waals surface area contributed by atoms with Crippen LogP contribution in [0.2, 0.25) is 5.02 Å². The lowest BCUT2D eigenvalue weighted by Gasteiger charge is -2.17. The molecular formula is C34H30ClFN6O. The Morgan fingerprint density at radius 3 is 2.51 bits per heavy atom. The number of nitrogens with zero attached hydrogens (tertiary/aromatic N) is 5. The second-order valence-corrected chi connectivity index (χ2v) is 10.3. The van der Waals surface area contributed by atoms with E-state index in [9.17, 15) is 9.18 Å². The first-order chi connectivity index (χ1) is 20.5. The van der Waals surface area contributed by atoms with Crippen LogP contribution in [-0.4, -0.2) is 45.1 Å².